The van der Waals surface area contributed by atoms with Crippen LogP contribution in [0, 0.1) is 11.6 Å². The average molecular weight is 461 g/mol. The van der Waals surface area contributed by atoms with Crippen LogP contribution in [0.25, 0.3) is 0 Å². The van der Waals surface area contributed by atoms with Gasteiger partial charge in [0.15, 0.2) is 11.6 Å². The predicted octanol–water partition coefficient (Wildman–Crippen LogP) is 4.36. The quantitative estimate of drug-likeness (QED) is 0.542. The number of methoxy groups -OCH3 is 1. The lowest BCUT2D eigenvalue weighted by Gasteiger charge is -2.28. The van der Waals surface area contributed by atoms with Crippen LogP contribution in [-0.4, -0.2) is 32.8 Å². The normalized spacial score (nSPS) is 12.4. The second-order valence-corrected chi connectivity index (χ2v) is 9.00. The van der Waals surface area contributed by atoms with E-state index in [-0.39, 0.29) is 17.0 Å². The Morgan fingerprint density at radius 1 is 1.00 bits per heavy atom. The van der Waals surface area contributed by atoms with E-state index in [9.17, 15) is 22.0 Å². The van der Waals surface area contributed by atoms with E-state index in [1.807, 2.05) is 0 Å². The first kappa shape index (κ1) is 23.4. The molecule has 1 N–H and O–H groups in total. The third kappa shape index (κ3) is 5.30. The zero-order valence-electron chi connectivity index (χ0n) is 17.5. The molecule has 6 nitrogen and oxygen atoms in total. The molecular weight excluding hydrogens is 438 g/mol. The van der Waals surface area contributed by atoms with Crippen LogP contribution in [0.3, 0.4) is 0 Å². The number of halogens is 2. The highest BCUT2D eigenvalue weighted by Gasteiger charge is 2.31. The van der Waals surface area contributed by atoms with Gasteiger partial charge in [-0.1, -0.05) is 30.3 Å². The molecule has 0 spiro atoms. The van der Waals surface area contributed by atoms with Gasteiger partial charge in [0.1, 0.15) is 5.75 Å². The van der Waals surface area contributed by atoms with Gasteiger partial charge in [0.25, 0.3) is 0 Å². The van der Waals surface area contributed by atoms with Crippen LogP contribution in [0.4, 0.5) is 14.5 Å². The van der Waals surface area contributed by atoms with Crippen molar-refractivity contribution in [3.8, 4) is 5.75 Å². The lowest BCUT2D eigenvalue weighted by atomic mass is 10.0. The van der Waals surface area contributed by atoms with Gasteiger partial charge < -0.3 is 10.1 Å². The van der Waals surface area contributed by atoms with Crippen LogP contribution in [-0.2, 0) is 14.8 Å². The van der Waals surface area contributed by atoms with Gasteiger partial charge >= 0.3 is 0 Å². The fraction of sp³-hybridized carbons (Fsp3) is 0.174. The first-order valence-corrected chi connectivity index (χ1v) is 11.1. The van der Waals surface area contributed by atoms with Crippen LogP contribution in [0.5, 0.6) is 5.75 Å². The SMILES string of the molecule is COc1ccc([C@H](CC(=O)Nc2ccc(F)c(F)c2)N(C)S(=O)(=O)c2ccccc2)cc1. The molecule has 0 bridgehead atoms. The predicted molar refractivity (Wildman–Crippen MR) is 117 cm³/mol. The molecule has 9 heteroatoms. The third-order valence-electron chi connectivity index (χ3n) is 4.94. The number of nitrogens with zero attached hydrogens (tertiary/aromatic N) is 1. The minimum Gasteiger partial charge on any atom is -0.497 e. The average Bonchev–Trinajstić information content (AvgIpc) is 2.80. The summed E-state index contributed by atoms with van der Waals surface area (Å²) in [5, 5.41) is 2.49. The van der Waals surface area contributed by atoms with Crippen molar-refractivity contribution in [3.63, 3.8) is 0 Å². The number of sulfonamides is 1. The molecule has 168 valence electrons. The maximum Gasteiger partial charge on any atom is 0.243 e. The van der Waals surface area contributed by atoms with Gasteiger partial charge in [-0.3, -0.25) is 4.79 Å². The topological polar surface area (TPSA) is 75.7 Å². The van der Waals surface area contributed by atoms with Gasteiger partial charge in [0.05, 0.1) is 18.0 Å². The first-order valence-electron chi connectivity index (χ1n) is 9.64. The molecule has 0 aliphatic heterocycles. The molecule has 0 unspecified atom stereocenters. The fourth-order valence-corrected chi connectivity index (χ4v) is 4.54. The molecule has 3 aromatic carbocycles. The highest BCUT2D eigenvalue weighted by molar-refractivity contribution is 7.89. The zero-order valence-corrected chi connectivity index (χ0v) is 18.3. The summed E-state index contributed by atoms with van der Waals surface area (Å²) in [6.07, 6.45) is -0.256. The van der Waals surface area contributed by atoms with Gasteiger partial charge in [-0.05, 0) is 42.0 Å². The second kappa shape index (κ2) is 9.88. The molecule has 0 radical (unpaired) electrons. The van der Waals surface area contributed by atoms with Crippen LogP contribution >= 0.6 is 0 Å². The molecule has 0 aromatic heterocycles. The van der Waals surface area contributed by atoms with E-state index >= 15 is 0 Å². The van der Waals surface area contributed by atoms with Gasteiger partial charge in [-0.25, -0.2) is 17.2 Å². The molecule has 3 rings (SSSR count). The van der Waals surface area contributed by atoms with E-state index in [2.05, 4.69) is 5.32 Å². The molecule has 0 aliphatic carbocycles. The van der Waals surface area contributed by atoms with E-state index in [1.54, 1.807) is 42.5 Å². The molecule has 0 heterocycles. The van der Waals surface area contributed by atoms with Crippen molar-refractivity contribution in [1.29, 1.82) is 0 Å². The summed E-state index contributed by atoms with van der Waals surface area (Å²) >= 11 is 0. The molecule has 1 amide bonds. The summed E-state index contributed by atoms with van der Waals surface area (Å²) in [5.74, 6) is -2.12. The molecule has 0 aliphatic rings. The number of nitrogens with one attached hydrogen (secondary N) is 1. The number of rotatable bonds is 8. The Kier molecular flexibility index (Phi) is 7.22. The van der Waals surface area contributed by atoms with Crippen molar-refractivity contribution in [2.45, 2.75) is 17.4 Å². The first-order chi connectivity index (χ1) is 15.2. The molecule has 32 heavy (non-hydrogen) atoms. The number of hydrogen-bond acceptors (Lipinski definition) is 4. The van der Waals surface area contributed by atoms with E-state index in [0.29, 0.717) is 11.3 Å². The number of amides is 1. The van der Waals surface area contributed by atoms with Crippen molar-refractivity contribution in [1.82, 2.24) is 4.31 Å². The Bertz CT molecular complexity index is 1190. The molecule has 1 atom stereocenters. The van der Waals surface area contributed by atoms with E-state index < -0.39 is 33.6 Å². The molecule has 3 aromatic rings. The highest BCUT2D eigenvalue weighted by atomic mass is 32.2. The van der Waals surface area contributed by atoms with Crippen molar-refractivity contribution < 1.29 is 26.7 Å². The zero-order chi connectivity index (χ0) is 23.3. The molecular formula is C23H22F2N2O4S. The summed E-state index contributed by atoms with van der Waals surface area (Å²) in [5.41, 5.74) is 0.629. The molecule has 0 saturated carbocycles. The summed E-state index contributed by atoms with van der Waals surface area (Å²) in [7, 11) is -1.02. The Hall–Kier alpha value is -3.30. The smallest absolute Gasteiger partial charge is 0.243 e. The van der Waals surface area contributed by atoms with E-state index in [1.165, 1.54) is 32.4 Å². The van der Waals surface area contributed by atoms with Crippen molar-refractivity contribution in [2.75, 3.05) is 19.5 Å². The molecule has 0 fully saturated rings. The van der Waals surface area contributed by atoms with E-state index in [4.69, 9.17) is 4.74 Å². The number of carbonyl (C=O) groups excluding carboxylic acids is 1. The lowest BCUT2D eigenvalue weighted by molar-refractivity contribution is -0.117. The number of benzene rings is 3. The van der Waals surface area contributed by atoms with E-state index in [0.717, 1.165) is 16.4 Å². The van der Waals surface area contributed by atoms with Crippen molar-refractivity contribution in [3.05, 3.63) is 90.0 Å². The monoisotopic (exact) mass is 460 g/mol. The van der Waals surface area contributed by atoms with Crippen LogP contribution < -0.4 is 10.1 Å². The Morgan fingerprint density at radius 3 is 2.25 bits per heavy atom. The van der Waals surface area contributed by atoms with Gasteiger partial charge in [0.2, 0.25) is 15.9 Å². The Morgan fingerprint density at radius 2 is 1.66 bits per heavy atom. The standard InChI is InChI=1S/C23H22F2N2O4S/c1-27(32(29,30)19-6-4-3-5-7-19)22(16-8-11-18(31-2)12-9-16)15-23(28)26-17-10-13-20(24)21(25)14-17/h3-14,22H,15H2,1-2H3,(H,26,28)/t22-/m0/s1. The van der Waals surface area contributed by atoms with Crippen LogP contribution in [0.1, 0.15) is 18.0 Å². The van der Waals surface area contributed by atoms with Crippen molar-refractivity contribution in [2.24, 2.45) is 0 Å². The fourth-order valence-electron chi connectivity index (χ4n) is 3.17. The lowest BCUT2D eigenvalue weighted by Crippen LogP contribution is -2.33. The summed E-state index contributed by atoms with van der Waals surface area (Å²) in [6.45, 7) is 0. The largest absolute Gasteiger partial charge is 0.497 e. The Labute approximate surface area is 185 Å². The minimum absolute atomic E-state index is 0.0657. The highest BCUT2D eigenvalue weighted by Crippen LogP contribution is 2.30. The second-order valence-electron chi connectivity index (χ2n) is 7.00. The number of hydrogen-bond donors (Lipinski definition) is 1. The molecule has 0 saturated heterocycles. The summed E-state index contributed by atoms with van der Waals surface area (Å²) in [6, 6.07) is 16.7. The van der Waals surface area contributed by atoms with Crippen LogP contribution in [0.2, 0.25) is 0 Å². The number of carbonyl (C=O) groups is 1. The Balaban J connectivity index is 1.91. The number of anilines is 1. The van der Waals surface area contributed by atoms with Gasteiger partial charge in [0, 0.05) is 25.2 Å². The summed E-state index contributed by atoms with van der Waals surface area (Å²) in [4.78, 5) is 12.8. The maximum absolute atomic E-state index is 13.5. The van der Waals surface area contributed by atoms with Gasteiger partial charge in [-0.15, -0.1) is 0 Å². The van der Waals surface area contributed by atoms with Crippen LogP contribution in [0.15, 0.2) is 77.7 Å². The maximum atomic E-state index is 13.5. The van der Waals surface area contributed by atoms with Gasteiger partial charge in [-0.2, -0.15) is 4.31 Å². The minimum atomic E-state index is -3.92. The number of ether oxygens (including phenoxy) is 1. The third-order valence-corrected chi connectivity index (χ3v) is 6.82. The summed E-state index contributed by atoms with van der Waals surface area (Å²) < 4.78 is 59.2. The van der Waals surface area contributed by atoms with Crippen molar-refractivity contribution >= 4 is 21.6 Å².